The third-order valence-corrected chi connectivity index (χ3v) is 6.35. The van der Waals surface area contributed by atoms with Crippen molar-refractivity contribution in [1.82, 2.24) is 10.6 Å². The smallest absolute Gasteiger partial charge is 0.416 e. The first kappa shape index (κ1) is 30.9. The van der Waals surface area contributed by atoms with E-state index in [4.69, 9.17) is 16.3 Å². The van der Waals surface area contributed by atoms with Crippen molar-refractivity contribution in [2.45, 2.75) is 18.6 Å². The second-order valence-electron chi connectivity index (χ2n) is 9.27. The van der Waals surface area contributed by atoms with Gasteiger partial charge in [0.05, 0.1) is 5.56 Å². The summed E-state index contributed by atoms with van der Waals surface area (Å²) in [4.78, 5) is 38.2. The number of carboxylic acid groups (broad SMARTS) is 1. The third kappa shape index (κ3) is 8.95. The number of hydrogen-bond acceptors (Lipinski definition) is 4. The highest BCUT2D eigenvalue weighted by molar-refractivity contribution is 6.30. The third-order valence-electron chi connectivity index (χ3n) is 6.09. The molecular formula is C32H24ClF3N2O5. The normalized spacial score (nSPS) is 12.2. The van der Waals surface area contributed by atoms with Gasteiger partial charge in [0.15, 0.2) is 0 Å². The van der Waals surface area contributed by atoms with Crippen LogP contribution in [0.5, 0.6) is 11.5 Å². The highest BCUT2D eigenvalue weighted by Crippen LogP contribution is 2.29. The fourth-order valence-electron chi connectivity index (χ4n) is 3.88. The van der Waals surface area contributed by atoms with Gasteiger partial charge in [-0.1, -0.05) is 54.1 Å². The highest BCUT2D eigenvalue weighted by Gasteiger charge is 2.30. The summed E-state index contributed by atoms with van der Waals surface area (Å²) in [6.07, 6.45) is -3.36. The number of aliphatic carboxylic acids is 1. The van der Waals surface area contributed by atoms with Gasteiger partial charge in [-0.3, -0.25) is 9.59 Å². The number of carboxylic acids is 1. The molecule has 0 aromatic heterocycles. The SMILES string of the molecule is O=C(NC(Cc1ccc(Cl)cc1)C(=O)O)C(=Cc1ccc(Oc2ccccc2)cc1)NC(=O)c1ccc(C(F)(F)F)cc1. The Bertz CT molecular complexity index is 1610. The Labute approximate surface area is 249 Å². The van der Waals surface area contributed by atoms with Crippen LogP contribution in [0.2, 0.25) is 5.02 Å². The number of para-hydroxylation sites is 1. The molecule has 1 atom stereocenters. The van der Waals surface area contributed by atoms with E-state index in [0.29, 0.717) is 27.6 Å². The zero-order valence-electron chi connectivity index (χ0n) is 22.3. The molecule has 0 saturated carbocycles. The molecule has 0 radical (unpaired) electrons. The van der Waals surface area contributed by atoms with Crippen LogP contribution in [0.1, 0.15) is 27.0 Å². The molecule has 0 bridgehead atoms. The van der Waals surface area contributed by atoms with Crippen LogP contribution in [0, 0.1) is 0 Å². The van der Waals surface area contributed by atoms with Gasteiger partial charge in [-0.05, 0) is 77.9 Å². The van der Waals surface area contributed by atoms with Crippen LogP contribution in [0.3, 0.4) is 0 Å². The molecule has 0 heterocycles. The van der Waals surface area contributed by atoms with Crippen molar-refractivity contribution in [1.29, 1.82) is 0 Å². The van der Waals surface area contributed by atoms with Crippen molar-refractivity contribution in [3.63, 3.8) is 0 Å². The zero-order chi connectivity index (χ0) is 31.0. The molecule has 43 heavy (non-hydrogen) atoms. The molecule has 4 rings (SSSR count). The standard InChI is InChI=1S/C32H24ClF3N2O5/c33-24-14-6-20(7-15-24)19-28(31(41)42)38-30(40)27(37-29(39)22-10-12-23(13-11-22)32(34,35)36)18-21-8-16-26(17-9-21)43-25-4-2-1-3-5-25/h1-18,28H,19H2,(H,37,39)(H,38,40)(H,41,42). The van der Waals surface area contributed by atoms with Crippen molar-refractivity contribution in [3.05, 3.63) is 136 Å². The molecule has 0 fully saturated rings. The predicted molar refractivity (Wildman–Crippen MR) is 155 cm³/mol. The molecule has 0 aliphatic carbocycles. The van der Waals surface area contributed by atoms with E-state index < -0.39 is 35.6 Å². The van der Waals surface area contributed by atoms with Crippen LogP contribution in [0.15, 0.2) is 109 Å². The molecule has 7 nitrogen and oxygen atoms in total. The van der Waals surface area contributed by atoms with Crippen LogP contribution >= 0.6 is 11.6 Å². The van der Waals surface area contributed by atoms with Crippen molar-refractivity contribution >= 4 is 35.5 Å². The number of benzene rings is 4. The van der Waals surface area contributed by atoms with Crippen LogP contribution in [-0.2, 0) is 22.2 Å². The minimum Gasteiger partial charge on any atom is -0.480 e. The van der Waals surface area contributed by atoms with Crippen molar-refractivity contribution in [2.75, 3.05) is 0 Å². The molecular weight excluding hydrogens is 585 g/mol. The highest BCUT2D eigenvalue weighted by atomic mass is 35.5. The molecule has 0 aliphatic heterocycles. The fraction of sp³-hybridized carbons (Fsp3) is 0.0938. The van der Waals surface area contributed by atoms with Gasteiger partial charge in [0.1, 0.15) is 23.2 Å². The topological polar surface area (TPSA) is 105 Å². The number of nitrogens with one attached hydrogen (secondary N) is 2. The maximum absolute atomic E-state index is 13.3. The minimum absolute atomic E-state index is 0.0795. The Kier molecular flexibility index (Phi) is 9.84. The summed E-state index contributed by atoms with van der Waals surface area (Å²) in [5, 5.41) is 15.0. The number of carbonyl (C=O) groups excluding carboxylic acids is 2. The summed E-state index contributed by atoms with van der Waals surface area (Å²) in [6.45, 7) is 0. The van der Waals surface area contributed by atoms with Gasteiger partial charge in [0, 0.05) is 17.0 Å². The molecule has 0 spiro atoms. The van der Waals surface area contributed by atoms with E-state index >= 15 is 0 Å². The van der Waals surface area contributed by atoms with Gasteiger partial charge < -0.3 is 20.5 Å². The second-order valence-corrected chi connectivity index (χ2v) is 9.70. The maximum atomic E-state index is 13.3. The van der Waals surface area contributed by atoms with E-state index in [9.17, 15) is 32.7 Å². The van der Waals surface area contributed by atoms with Gasteiger partial charge in [-0.2, -0.15) is 13.2 Å². The Morgan fingerprint density at radius 2 is 1.44 bits per heavy atom. The molecule has 3 N–H and O–H groups in total. The lowest BCUT2D eigenvalue weighted by atomic mass is 10.1. The lowest BCUT2D eigenvalue weighted by molar-refractivity contribution is -0.141. The predicted octanol–water partition coefficient (Wildman–Crippen LogP) is 6.73. The Balaban J connectivity index is 1.58. The quantitative estimate of drug-likeness (QED) is 0.173. The summed E-state index contributed by atoms with van der Waals surface area (Å²) in [6, 6.07) is 24.0. The number of carbonyl (C=O) groups is 3. The molecule has 0 saturated heterocycles. The lowest BCUT2D eigenvalue weighted by Gasteiger charge is -2.17. The Hall–Kier alpha value is -5.09. The molecule has 1 unspecified atom stereocenters. The van der Waals surface area contributed by atoms with E-state index in [-0.39, 0.29) is 17.7 Å². The number of alkyl halides is 3. The molecule has 0 aliphatic rings. The summed E-state index contributed by atoms with van der Waals surface area (Å²) in [5.41, 5.74) is -0.381. The Morgan fingerprint density at radius 3 is 2.02 bits per heavy atom. The van der Waals surface area contributed by atoms with Crippen molar-refractivity contribution in [3.8, 4) is 11.5 Å². The van der Waals surface area contributed by atoms with Gasteiger partial charge in [-0.25, -0.2) is 4.79 Å². The lowest BCUT2D eigenvalue weighted by Crippen LogP contribution is -2.45. The average molecular weight is 609 g/mol. The van der Waals surface area contributed by atoms with Crippen molar-refractivity contribution in [2.24, 2.45) is 0 Å². The van der Waals surface area contributed by atoms with Gasteiger partial charge in [0.2, 0.25) is 0 Å². The molecule has 220 valence electrons. The number of halogens is 4. The summed E-state index contributed by atoms with van der Waals surface area (Å²) in [5.74, 6) is -2.01. The van der Waals surface area contributed by atoms with Gasteiger partial charge >= 0.3 is 12.1 Å². The van der Waals surface area contributed by atoms with Crippen LogP contribution in [-0.4, -0.2) is 28.9 Å². The summed E-state index contributed by atoms with van der Waals surface area (Å²) in [7, 11) is 0. The van der Waals surface area contributed by atoms with Crippen LogP contribution < -0.4 is 15.4 Å². The van der Waals surface area contributed by atoms with Gasteiger partial charge in [0.25, 0.3) is 11.8 Å². The number of rotatable bonds is 10. The Morgan fingerprint density at radius 1 is 0.837 bits per heavy atom. The van der Waals surface area contributed by atoms with Crippen LogP contribution in [0.4, 0.5) is 13.2 Å². The van der Waals surface area contributed by atoms with E-state index in [0.717, 1.165) is 24.3 Å². The molecule has 4 aromatic rings. The van der Waals surface area contributed by atoms with E-state index in [1.165, 1.54) is 6.08 Å². The van der Waals surface area contributed by atoms with E-state index in [2.05, 4.69) is 10.6 Å². The average Bonchev–Trinajstić information content (AvgIpc) is 2.98. The first-order chi connectivity index (χ1) is 20.5. The summed E-state index contributed by atoms with van der Waals surface area (Å²) < 4.78 is 44.7. The maximum Gasteiger partial charge on any atom is 0.416 e. The van der Waals surface area contributed by atoms with Crippen LogP contribution in [0.25, 0.3) is 6.08 Å². The molecule has 2 amide bonds. The fourth-order valence-corrected chi connectivity index (χ4v) is 4.01. The first-order valence-corrected chi connectivity index (χ1v) is 13.2. The van der Waals surface area contributed by atoms with Gasteiger partial charge in [-0.15, -0.1) is 0 Å². The number of hydrogen-bond donors (Lipinski definition) is 3. The molecule has 4 aromatic carbocycles. The molecule has 11 heteroatoms. The minimum atomic E-state index is -4.59. The summed E-state index contributed by atoms with van der Waals surface area (Å²) >= 11 is 5.90. The number of amides is 2. The van der Waals surface area contributed by atoms with E-state index in [1.54, 1.807) is 60.7 Å². The zero-order valence-corrected chi connectivity index (χ0v) is 23.0. The van der Waals surface area contributed by atoms with E-state index in [1.807, 2.05) is 18.2 Å². The largest absolute Gasteiger partial charge is 0.480 e. The van der Waals surface area contributed by atoms with Crippen molar-refractivity contribution < 1.29 is 37.4 Å². The first-order valence-electron chi connectivity index (χ1n) is 12.8. The number of ether oxygens (including phenoxy) is 1. The second kappa shape index (κ2) is 13.7. The monoisotopic (exact) mass is 608 g/mol.